The van der Waals surface area contributed by atoms with Gasteiger partial charge in [-0.3, -0.25) is 4.90 Å². The van der Waals surface area contributed by atoms with Crippen molar-refractivity contribution in [1.29, 1.82) is 0 Å². The van der Waals surface area contributed by atoms with Crippen molar-refractivity contribution < 1.29 is 13.9 Å². The second kappa shape index (κ2) is 7.14. The maximum atomic E-state index is 14.9. The highest BCUT2D eigenvalue weighted by Crippen LogP contribution is 2.42. The Balaban J connectivity index is 1.81. The van der Waals surface area contributed by atoms with E-state index in [1.54, 1.807) is 18.7 Å². The molecule has 4 nitrogen and oxygen atoms in total. The van der Waals surface area contributed by atoms with Crippen LogP contribution in [-0.4, -0.2) is 39.0 Å². The first-order valence-corrected chi connectivity index (χ1v) is 8.52. The Kier molecular flexibility index (Phi) is 5.11. The molecular weight excluding hydrogens is 324 g/mol. The molecule has 0 saturated carbocycles. The third-order valence-corrected chi connectivity index (χ3v) is 4.68. The Labute approximate surface area is 146 Å². The molecule has 25 heavy (non-hydrogen) atoms. The number of hydrogen-bond acceptors (Lipinski definition) is 4. The number of rotatable bonds is 4. The SMILES string of the molecule is Cc1ncc(C(C)O)c(C2CCN(Cc3ccccc3)CC2(F)F)n1. The van der Waals surface area contributed by atoms with Gasteiger partial charge in [0.25, 0.3) is 5.92 Å². The van der Waals surface area contributed by atoms with E-state index >= 15 is 0 Å². The van der Waals surface area contributed by atoms with Gasteiger partial charge in [0.1, 0.15) is 5.82 Å². The Morgan fingerprint density at radius 3 is 2.68 bits per heavy atom. The average Bonchev–Trinajstić information content (AvgIpc) is 2.54. The molecule has 3 rings (SSSR count). The molecule has 1 aromatic carbocycles. The van der Waals surface area contributed by atoms with Gasteiger partial charge >= 0.3 is 0 Å². The highest BCUT2D eigenvalue weighted by molar-refractivity contribution is 5.26. The van der Waals surface area contributed by atoms with E-state index < -0.39 is 17.9 Å². The van der Waals surface area contributed by atoms with Crippen LogP contribution in [0, 0.1) is 6.92 Å². The Hall–Kier alpha value is -1.92. The van der Waals surface area contributed by atoms with E-state index in [2.05, 4.69) is 9.97 Å². The van der Waals surface area contributed by atoms with Crippen LogP contribution in [-0.2, 0) is 6.54 Å². The van der Waals surface area contributed by atoms with Gasteiger partial charge < -0.3 is 5.11 Å². The van der Waals surface area contributed by atoms with Crippen LogP contribution in [0.25, 0.3) is 0 Å². The van der Waals surface area contributed by atoms with Gasteiger partial charge in [0.15, 0.2) is 0 Å². The molecule has 0 aliphatic carbocycles. The number of aromatic nitrogens is 2. The van der Waals surface area contributed by atoms with Crippen molar-refractivity contribution in [3.63, 3.8) is 0 Å². The smallest absolute Gasteiger partial charge is 0.268 e. The number of benzene rings is 1. The Morgan fingerprint density at radius 2 is 2.04 bits per heavy atom. The second-order valence-electron chi connectivity index (χ2n) is 6.73. The van der Waals surface area contributed by atoms with E-state index in [0.717, 1.165) is 5.56 Å². The molecule has 0 bridgehead atoms. The molecule has 0 amide bonds. The molecule has 2 unspecified atom stereocenters. The summed E-state index contributed by atoms with van der Waals surface area (Å²) < 4.78 is 29.8. The van der Waals surface area contributed by atoms with Crippen LogP contribution in [0.4, 0.5) is 8.78 Å². The summed E-state index contributed by atoms with van der Waals surface area (Å²) in [5.74, 6) is -3.45. The first kappa shape index (κ1) is 17.9. The summed E-state index contributed by atoms with van der Waals surface area (Å²) in [7, 11) is 0. The summed E-state index contributed by atoms with van der Waals surface area (Å²) in [5.41, 5.74) is 1.71. The molecule has 2 heterocycles. The van der Waals surface area contributed by atoms with E-state index in [4.69, 9.17) is 0 Å². The first-order valence-electron chi connectivity index (χ1n) is 8.52. The number of likely N-dealkylation sites (tertiary alicyclic amines) is 1. The quantitative estimate of drug-likeness (QED) is 0.920. The third kappa shape index (κ3) is 4.02. The minimum atomic E-state index is -2.91. The molecule has 0 radical (unpaired) electrons. The van der Waals surface area contributed by atoms with Gasteiger partial charge in [-0.05, 0) is 32.4 Å². The maximum Gasteiger partial charge on any atom is 0.268 e. The molecular formula is C19H23F2N3O. The van der Waals surface area contributed by atoms with Crippen LogP contribution in [0.5, 0.6) is 0 Å². The van der Waals surface area contributed by atoms with Crippen molar-refractivity contribution in [2.24, 2.45) is 0 Å². The lowest BCUT2D eigenvalue weighted by Gasteiger charge is -2.38. The van der Waals surface area contributed by atoms with Gasteiger partial charge in [0.2, 0.25) is 0 Å². The maximum absolute atomic E-state index is 14.9. The van der Waals surface area contributed by atoms with Crippen LogP contribution in [0.3, 0.4) is 0 Å². The number of piperidine rings is 1. The molecule has 1 fully saturated rings. The van der Waals surface area contributed by atoms with Gasteiger partial charge in [-0.2, -0.15) is 0 Å². The number of alkyl halides is 2. The number of halogens is 2. The molecule has 1 N–H and O–H groups in total. The second-order valence-corrected chi connectivity index (χ2v) is 6.73. The Bertz CT molecular complexity index is 722. The number of nitrogens with zero attached hydrogens (tertiary/aromatic N) is 3. The molecule has 2 atom stereocenters. The van der Waals surface area contributed by atoms with Crippen LogP contribution in [0.15, 0.2) is 36.5 Å². The van der Waals surface area contributed by atoms with Gasteiger partial charge in [0.05, 0.1) is 24.3 Å². The fraction of sp³-hybridized carbons (Fsp3) is 0.474. The van der Waals surface area contributed by atoms with E-state index in [1.165, 1.54) is 6.20 Å². The van der Waals surface area contributed by atoms with Crippen molar-refractivity contribution in [1.82, 2.24) is 14.9 Å². The predicted octanol–water partition coefficient (Wildman–Crippen LogP) is 3.46. The van der Waals surface area contributed by atoms with Crippen LogP contribution in [0.1, 0.15) is 48.0 Å². The van der Waals surface area contributed by atoms with Crippen LogP contribution < -0.4 is 0 Å². The topological polar surface area (TPSA) is 49.3 Å². The fourth-order valence-electron chi connectivity index (χ4n) is 3.42. The number of aliphatic hydroxyl groups is 1. The van der Waals surface area contributed by atoms with E-state index in [1.807, 2.05) is 30.3 Å². The zero-order valence-corrected chi connectivity index (χ0v) is 14.5. The van der Waals surface area contributed by atoms with Crippen molar-refractivity contribution in [2.75, 3.05) is 13.1 Å². The minimum absolute atomic E-state index is 0.284. The summed E-state index contributed by atoms with van der Waals surface area (Å²) in [6.45, 7) is 4.00. The lowest BCUT2D eigenvalue weighted by atomic mass is 9.86. The molecule has 1 aromatic heterocycles. The fourth-order valence-corrected chi connectivity index (χ4v) is 3.42. The summed E-state index contributed by atoms with van der Waals surface area (Å²) in [5, 5.41) is 9.91. The minimum Gasteiger partial charge on any atom is -0.389 e. The summed E-state index contributed by atoms with van der Waals surface area (Å²) >= 11 is 0. The molecule has 1 aliphatic heterocycles. The lowest BCUT2D eigenvalue weighted by Crippen LogP contribution is -2.47. The molecule has 1 aliphatic rings. The zero-order chi connectivity index (χ0) is 18.0. The van der Waals surface area contributed by atoms with Crippen molar-refractivity contribution in [3.05, 3.63) is 59.2 Å². The van der Waals surface area contributed by atoms with Gasteiger partial charge in [0, 0.05) is 18.3 Å². The van der Waals surface area contributed by atoms with Gasteiger partial charge in [-0.1, -0.05) is 30.3 Å². The van der Waals surface area contributed by atoms with E-state index in [-0.39, 0.29) is 12.2 Å². The monoisotopic (exact) mass is 347 g/mol. The standard InChI is InChI=1S/C19H23F2N3O/c1-13(25)16-10-22-14(2)23-18(16)17-8-9-24(12-19(17,20)21)11-15-6-4-3-5-7-15/h3-7,10,13,17,25H,8-9,11-12H2,1-2H3. The average molecular weight is 347 g/mol. The number of aryl methyl sites for hydroxylation is 1. The molecule has 2 aromatic rings. The molecule has 0 spiro atoms. The zero-order valence-electron chi connectivity index (χ0n) is 14.5. The molecule has 1 saturated heterocycles. The lowest BCUT2D eigenvalue weighted by molar-refractivity contribution is -0.0864. The molecule has 6 heteroatoms. The third-order valence-electron chi connectivity index (χ3n) is 4.68. The van der Waals surface area contributed by atoms with Crippen LogP contribution >= 0.6 is 0 Å². The van der Waals surface area contributed by atoms with Crippen molar-refractivity contribution >= 4 is 0 Å². The van der Waals surface area contributed by atoms with Gasteiger partial charge in [-0.25, -0.2) is 18.7 Å². The van der Waals surface area contributed by atoms with Crippen molar-refractivity contribution in [3.8, 4) is 0 Å². The van der Waals surface area contributed by atoms with Gasteiger partial charge in [-0.15, -0.1) is 0 Å². The number of aliphatic hydroxyl groups excluding tert-OH is 1. The Morgan fingerprint density at radius 1 is 1.32 bits per heavy atom. The normalized spacial score (nSPS) is 21.9. The largest absolute Gasteiger partial charge is 0.389 e. The molecule has 134 valence electrons. The predicted molar refractivity (Wildman–Crippen MR) is 91.4 cm³/mol. The van der Waals surface area contributed by atoms with Crippen molar-refractivity contribution in [2.45, 2.75) is 44.8 Å². The first-order chi connectivity index (χ1) is 11.9. The summed E-state index contributed by atoms with van der Waals surface area (Å²) in [4.78, 5) is 10.1. The van der Waals surface area contributed by atoms with Crippen LogP contribution in [0.2, 0.25) is 0 Å². The highest BCUT2D eigenvalue weighted by atomic mass is 19.3. The van der Waals surface area contributed by atoms with E-state index in [9.17, 15) is 13.9 Å². The number of hydrogen-bond donors (Lipinski definition) is 1. The summed E-state index contributed by atoms with van der Waals surface area (Å²) in [6.07, 6.45) is 0.902. The highest BCUT2D eigenvalue weighted by Gasteiger charge is 2.47. The summed E-state index contributed by atoms with van der Waals surface area (Å²) in [6, 6.07) is 9.64. The van der Waals surface area contributed by atoms with E-state index in [0.29, 0.717) is 30.9 Å².